The molecule has 4 heterocycles. The van der Waals surface area contributed by atoms with Crippen molar-refractivity contribution in [3.8, 4) is 0 Å². The third-order valence-corrected chi connectivity index (χ3v) is 9.08. The van der Waals surface area contributed by atoms with Gasteiger partial charge in [0.15, 0.2) is 0 Å². The van der Waals surface area contributed by atoms with E-state index in [1.807, 2.05) is 49.3 Å². The summed E-state index contributed by atoms with van der Waals surface area (Å²) in [7, 11) is 0. The van der Waals surface area contributed by atoms with Crippen molar-refractivity contribution < 1.29 is 29.3 Å². The summed E-state index contributed by atoms with van der Waals surface area (Å²) >= 11 is 0. The monoisotopic (exact) mass is 609 g/mol. The number of fused-ring (bicyclic) bond motifs is 2. The van der Waals surface area contributed by atoms with Gasteiger partial charge in [-0.3, -0.25) is 0 Å². The number of aliphatic hydroxyl groups excluding tert-OH is 2. The van der Waals surface area contributed by atoms with Crippen LogP contribution in [-0.2, 0) is 4.74 Å². The summed E-state index contributed by atoms with van der Waals surface area (Å²) in [6.45, 7) is 19.8. The number of amides is 5. The summed E-state index contributed by atoms with van der Waals surface area (Å²) in [4.78, 5) is 46.5. The zero-order valence-corrected chi connectivity index (χ0v) is 27.9. The van der Waals surface area contributed by atoms with Crippen molar-refractivity contribution in [2.24, 2.45) is 10.8 Å². The fraction of sp³-hybridized carbons (Fsp3) is 0.906. The molecule has 0 aromatic heterocycles. The molecular weight excluding hydrogens is 550 g/mol. The van der Waals surface area contributed by atoms with Gasteiger partial charge in [0.25, 0.3) is 0 Å². The molecule has 2 atom stereocenters. The molecule has 248 valence electrons. The van der Waals surface area contributed by atoms with Crippen molar-refractivity contribution in [3.05, 3.63) is 0 Å². The first-order valence-electron chi connectivity index (χ1n) is 16.4. The number of hydrogen-bond donors (Lipinski definition) is 2. The molecule has 0 aromatic rings. The van der Waals surface area contributed by atoms with Crippen LogP contribution in [0.2, 0.25) is 0 Å². The van der Waals surface area contributed by atoms with E-state index in [1.54, 1.807) is 4.90 Å². The molecule has 0 aromatic carbocycles. The second kappa shape index (κ2) is 14.7. The van der Waals surface area contributed by atoms with Crippen LogP contribution in [0.3, 0.4) is 0 Å². The molecule has 4 rings (SSSR count). The highest BCUT2D eigenvalue weighted by Crippen LogP contribution is 2.28. The first-order valence-corrected chi connectivity index (χ1v) is 16.4. The van der Waals surface area contributed by atoms with Crippen LogP contribution in [0.1, 0.15) is 93.4 Å². The summed E-state index contributed by atoms with van der Waals surface area (Å²) in [6, 6.07) is 0.814. The lowest BCUT2D eigenvalue weighted by Crippen LogP contribution is -2.54. The highest BCUT2D eigenvalue weighted by Gasteiger charge is 2.42. The quantitative estimate of drug-likeness (QED) is 0.383. The first-order chi connectivity index (χ1) is 20.1. The number of urea groups is 2. The molecule has 11 heteroatoms. The molecule has 0 bridgehead atoms. The first kappa shape index (κ1) is 35.2. The van der Waals surface area contributed by atoms with Gasteiger partial charge in [-0.15, -0.1) is 0 Å². The van der Waals surface area contributed by atoms with Crippen LogP contribution in [0.5, 0.6) is 0 Å². The molecule has 4 aliphatic rings. The Bertz CT molecular complexity index is 951. The zero-order chi connectivity index (χ0) is 32.0. The molecule has 4 saturated heterocycles. The van der Waals surface area contributed by atoms with Gasteiger partial charge in [-0.05, 0) is 76.5 Å². The lowest BCUT2D eigenvalue weighted by molar-refractivity contribution is 0.0127. The van der Waals surface area contributed by atoms with Gasteiger partial charge in [-0.1, -0.05) is 27.7 Å². The Hall–Kier alpha value is -2.27. The standard InChI is InChI=1S/C18H33N3O4.C14H26N2O2/c1-17(2,3)25-16(24)20-9-10-21-14(12-20)11-19(15(21)23)8-6-7-18(4,5)13-22;1-14(2,11-17)7-5-8-15-10-12-6-3-4-9-16(12)13(15)18/h14,22H,6-13H2,1-5H3;12,17H,3-11H2,1-2H3. The molecule has 5 amide bonds. The zero-order valence-electron chi connectivity index (χ0n) is 27.9. The lowest BCUT2D eigenvalue weighted by atomic mass is 9.89. The van der Waals surface area contributed by atoms with Crippen LogP contribution in [0.4, 0.5) is 14.4 Å². The van der Waals surface area contributed by atoms with Crippen LogP contribution in [-0.4, -0.2) is 136 Å². The third-order valence-electron chi connectivity index (χ3n) is 9.08. The maximum absolute atomic E-state index is 12.5. The third kappa shape index (κ3) is 10.1. The number of aliphatic hydroxyl groups is 2. The van der Waals surface area contributed by atoms with E-state index < -0.39 is 5.60 Å². The molecule has 43 heavy (non-hydrogen) atoms. The van der Waals surface area contributed by atoms with Crippen molar-refractivity contribution in [2.45, 2.75) is 111 Å². The van der Waals surface area contributed by atoms with E-state index in [0.717, 1.165) is 51.7 Å². The van der Waals surface area contributed by atoms with E-state index in [1.165, 1.54) is 12.8 Å². The Labute approximate surface area is 259 Å². The molecule has 0 aliphatic carbocycles. The Kier molecular flexibility index (Phi) is 12.0. The van der Waals surface area contributed by atoms with Gasteiger partial charge >= 0.3 is 18.2 Å². The van der Waals surface area contributed by atoms with E-state index in [0.29, 0.717) is 38.8 Å². The van der Waals surface area contributed by atoms with Gasteiger partial charge < -0.3 is 39.4 Å². The smallest absolute Gasteiger partial charge is 0.410 e. The number of ether oxygens (including phenoxy) is 1. The highest BCUT2D eigenvalue weighted by molar-refractivity contribution is 5.78. The van der Waals surface area contributed by atoms with E-state index >= 15 is 0 Å². The van der Waals surface area contributed by atoms with Crippen LogP contribution >= 0.6 is 0 Å². The van der Waals surface area contributed by atoms with Crippen molar-refractivity contribution in [1.29, 1.82) is 0 Å². The fourth-order valence-corrected chi connectivity index (χ4v) is 6.26. The molecule has 4 aliphatic heterocycles. The van der Waals surface area contributed by atoms with Crippen LogP contribution in [0, 0.1) is 10.8 Å². The molecule has 0 spiro atoms. The lowest BCUT2D eigenvalue weighted by Gasteiger charge is -2.37. The predicted molar refractivity (Wildman–Crippen MR) is 167 cm³/mol. The minimum atomic E-state index is -0.509. The van der Waals surface area contributed by atoms with Gasteiger partial charge in [0.05, 0.1) is 12.1 Å². The van der Waals surface area contributed by atoms with Gasteiger partial charge in [0, 0.05) is 65.6 Å². The van der Waals surface area contributed by atoms with E-state index in [-0.39, 0.29) is 48.2 Å². The topological polar surface area (TPSA) is 117 Å². The van der Waals surface area contributed by atoms with Gasteiger partial charge in [0.2, 0.25) is 0 Å². The number of nitrogens with zero attached hydrogens (tertiary/aromatic N) is 5. The second-order valence-corrected chi connectivity index (χ2v) is 15.4. The maximum atomic E-state index is 12.5. The number of rotatable bonds is 10. The molecule has 11 nitrogen and oxygen atoms in total. The summed E-state index contributed by atoms with van der Waals surface area (Å²) in [5.41, 5.74) is -0.635. The second-order valence-electron chi connectivity index (χ2n) is 15.4. The van der Waals surface area contributed by atoms with E-state index in [4.69, 9.17) is 4.74 Å². The van der Waals surface area contributed by atoms with Crippen molar-refractivity contribution in [3.63, 3.8) is 0 Å². The van der Waals surface area contributed by atoms with Gasteiger partial charge in [-0.25, -0.2) is 14.4 Å². The highest BCUT2D eigenvalue weighted by atomic mass is 16.6. The number of piperazine rings is 1. The van der Waals surface area contributed by atoms with E-state index in [9.17, 15) is 24.6 Å². The maximum Gasteiger partial charge on any atom is 0.410 e. The summed E-state index contributed by atoms with van der Waals surface area (Å²) in [5, 5.41) is 18.5. The molecule has 2 unspecified atom stereocenters. The summed E-state index contributed by atoms with van der Waals surface area (Å²) < 4.78 is 5.44. The van der Waals surface area contributed by atoms with Gasteiger partial charge in [-0.2, -0.15) is 0 Å². The van der Waals surface area contributed by atoms with Crippen LogP contribution < -0.4 is 0 Å². The normalized spacial score (nSPS) is 22.9. The minimum Gasteiger partial charge on any atom is -0.444 e. The Morgan fingerprint density at radius 3 is 1.74 bits per heavy atom. The summed E-state index contributed by atoms with van der Waals surface area (Å²) in [5.74, 6) is 0. The van der Waals surface area contributed by atoms with Crippen LogP contribution in [0.25, 0.3) is 0 Å². The fourth-order valence-electron chi connectivity index (χ4n) is 6.26. The number of hydrogen-bond acceptors (Lipinski definition) is 6. The van der Waals surface area contributed by atoms with Gasteiger partial charge in [0.1, 0.15) is 5.60 Å². The Balaban J connectivity index is 0.000000248. The Morgan fingerprint density at radius 1 is 0.744 bits per heavy atom. The largest absolute Gasteiger partial charge is 0.444 e. The average Bonchev–Trinajstić information content (AvgIpc) is 3.43. The Morgan fingerprint density at radius 2 is 1.26 bits per heavy atom. The molecule has 0 saturated carbocycles. The minimum absolute atomic E-state index is 0.0180. The van der Waals surface area contributed by atoms with E-state index in [2.05, 4.69) is 18.7 Å². The van der Waals surface area contributed by atoms with Crippen molar-refractivity contribution >= 4 is 18.2 Å². The number of carbonyl (C=O) groups is 3. The summed E-state index contributed by atoms with van der Waals surface area (Å²) in [6.07, 6.45) is 7.00. The molecular formula is C32H59N5O6. The predicted octanol–water partition coefficient (Wildman–Crippen LogP) is 4.22. The average molecular weight is 610 g/mol. The molecule has 2 N–H and O–H groups in total. The van der Waals surface area contributed by atoms with Crippen LogP contribution in [0.15, 0.2) is 0 Å². The number of piperidine rings is 1. The molecule has 4 fully saturated rings. The molecule has 0 radical (unpaired) electrons. The number of carbonyl (C=O) groups excluding carboxylic acids is 3. The van der Waals surface area contributed by atoms with Crippen molar-refractivity contribution in [1.82, 2.24) is 24.5 Å². The SMILES string of the molecule is CC(C)(CO)CCCN1CC2CCCCN2C1=O.CC(C)(CO)CCCN1CC2CN(C(=O)OC(C)(C)C)CCN2C1=O. The van der Waals surface area contributed by atoms with Crippen molar-refractivity contribution in [2.75, 3.05) is 65.6 Å².